The number of fused-ring (bicyclic) bond motifs is 2. The Bertz CT molecular complexity index is 631. The van der Waals surface area contributed by atoms with Crippen LogP contribution in [0.25, 0.3) is 0 Å². The minimum Gasteiger partial charge on any atom is -0.368 e. The van der Waals surface area contributed by atoms with Crippen LogP contribution >= 0.6 is 0 Å². The van der Waals surface area contributed by atoms with Crippen LogP contribution in [0.2, 0.25) is 0 Å². The van der Waals surface area contributed by atoms with Crippen LogP contribution < -0.4 is 5.73 Å². The summed E-state index contributed by atoms with van der Waals surface area (Å²) >= 11 is 0. The summed E-state index contributed by atoms with van der Waals surface area (Å²) in [5, 5.41) is 0. The number of carbonyl (C=O) groups is 1. The van der Waals surface area contributed by atoms with Gasteiger partial charge in [0.1, 0.15) is 0 Å². The molecule has 6 nitrogen and oxygen atoms in total. The summed E-state index contributed by atoms with van der Waals surface area (Å²) in [7, 11) is 0. The number of nitrogens with two attached hydrogens (primary N) is 1. The molecule has 0 aromatic carbocycles. The Morgan fingerprint density at radius 2 is 2.08 bits per heavy atom. The van der Waals surface area contributed by atoms with Crippen LogP contribution in [0.5, 0.6) is 0 Å². The summed E-state index contributed by atoms with van der Waals surface area (Å²) in [6, 6.07) is 0.550. The molecule has 2 heterocycles. The Kier molecular flexibility index (Phi) is 6.12. The minimum atomic E-state index is 0.303. The van der Waals surface area contributed by atoms with Gasteiger partial charge in [0.15, 0.2) is 0 Å². The summed E-state index contributed by atoms with van der Waals surface area (Å²) < 4.78 is 0. The van der Waals surface area contributed by atoms with Gasteiger partial charge in [-0.3, -0.25) is 9.69 Å². The third-order valence-corrected chi connectivity index (χ3v) is 6.09. The second-order valence-corrected chi connectivity index (χ2v) is 7.80. The van der Waals surface area contributed by atoms with E-state index < -0.39 is 0 Å². The molecule has 6 heteroatoms. The molecule has 0 radical (unpaired) electrons. The van der Waals surface area contributed by atoms with E-state index >= 15 is 0 Å². The van der Waals surface area contributed by atoms with Gasteiger partial charge in [-0.25, -0.2) is 9.97 Å². The molecule has 3 rings (SSSR count). The third kappa shape index (κ3) is 4.00. The molecular formula is C20H33N5O. The molecule has 2 aliphatic rings. The van der Waals surface area contributed by atoms with Crippen LogP contribution in [0.1, 0.15) is 51.3 Å². The van der Waals surface area contributed by atoms with Gasteiger partial charge in [-0.1, -0.05) is 6.92 Å². The van der Waals surface area contributed by atoms with Gasteiger partial charge >= 0.3 is 0 Å². The highest BCUT2D eigenvalue weighted by Gasteiger charge is 2.40. The smallest absolute Gasteiger partial charge is 0.222 e. The van der Waals surface area contributed by atoms with Crippen molar-refractivity contribution < 1.29 is 4.79 Å². The number of likely N-dealkylation sites (tertiary alicyclic amines) is 1. The lowest BCUT2D eigenvalue weighted by molar-refractivity contribution is -0.132. The quantitative estimate of drug-likeness (QED) is 0.842. The van der Waals surface area contributed by atoms with Gasteiger partial charge in [-0.2, -0.15) is 0 Å². The van der Waals surface area contributed by atoms with Crippen molar-refractivity contribution in [3.8, 4) is 0 Å². The van der Waals surface area contributed by atoms with Crippen LogP contribution in [0.4, 0.5) is 5.95 Å². The fourth-order valence-corrected chi connectivity index (χ4v) is 4.86. The summed E-state index contributed by atoms with van der Waals surface area (Å²) in [6.07, 6.45) is 6.81. The van der Waals surface area contributed by atoms with E-state index in [-0.39, 0.29) is 0 Å². The van der Waals surface area contributed by atoms with Crippen LogP contribution in [0.3, 0.4) is 0 Å². The SMILES string of the molecule is CCCN1C[C@@H](CC(=O)N(CC)CC)C[C@@H]2Cc3nc(N)ncc3C[C@H]21. The van der Waals surface area contributed by atoms with E-state index in [9.17, 15) is 4.79 Å². The number of piperidine rings is 1. The van der Waals surface area contributed by atoms with E-state index in [1.807, 2.05) is 11.1 Å². The number of aromatic nitrogens is 2. The van der Waals surface area contributed by atoms with Crippen molar-refractivity contribution in [3.63, 3.8) is 0 Å². The summed E-state index contributed by atoms with van der Waals surface area (Å²) in [4.78, 5) is 25.9. The standard InChI is InChI=1S/C20H33N5O/c1-4-7-25-13-14(9-19(26)24(5-2)6-3)8-15-10-17-16(11-18(15)25)12-22-20(21)23-17/h12,14-15,18H,4-11,13H2,1-3H3,(H2,21,22,23)/t14-,15-,18-/m1/s1. The molecule has 2 N–H and O–H groups in total. The Morgan fingerprint density at radius 3 is 2.77 bits per heavy atom. The lowest BCUT2D eigenvalue weighted by Gasteiger charge is -2.47. The maximum atomic E-state index is 12.6. The Morgan fingerprint density at radius 1 is 1.31 bits per heavy atom. The van der Waals surface area contributed by atoms with E-state index in [1.54, 1.807) is 0 Å². The van der Waals surface area contributed by atoms with Crippen molar-refractivity contribution in [2.45, 2.75) is 58.9 Å². The number of carbonyl (C=O) groups excluding carboxylic acids is 1. The molecule has 1 aliphatic heterocycles. The van der Waals surface area contributed by atoms with Crippen LogP contribution in [0, 0.1) is 11.8 Å². The zero-order chi connectivity index (χ0) is 18.7. The van der Waals surface area contributed by atoms with E-state index in [0.29, 0.717) is 36.2 Å². The Hall–Kier alpha value is -1.69. The number of anilines is 1. The number of nitrogens with zero attached hydrogens (tertiary/aromatic N) is 4. The van der Waals surface area contributed by atoms with Crippen molar-refractivity contribution in [1.29, 1.82) is 0 Å². The molecule has 3 atom stereocenters. The average Bonchev–Trinajstić information content (AvgIpc) is 2.61. The summed E-state index contributed by atoms with van der Waals surface area (Å²) in [6.45, 7) is 10.1. The van der Waals surface area contributed by atoms with Gasteiger partial charge < -0.3 is 10.6 Å². The number of rotatable bonds is 6. The van der Waals surface area contributed by atoms with Crippen LogP contribution in [-0.4, -0.2) is 57.9 Å². The van der Waals surface area contributed by atoms with Gasteiger partial charge in [0.05, 0.1) is 0 Å². The maximum absolute atomic E-state index is 12.6. The highest BCUT2D eigenvalue weighted by Crippen LogP contribution is 2.37. The number of nitrogen functional groups attached to an aromatic ring is 1. The van der Waals surface area contributed by atoms with Gasteiger partial charge in [0, 0.05) is 44.0 Å². The fourth-order valence-electron chi connectivity index (χ4n) is 4.86. The van der Waals surface area contributed by atoms with E-state index in [2.05, 4.69) is 35.6 Å². The Labute approximate surface area is 157 Å². The molecule has 1 amide bonds. The zero-order valence-corrected chi connectivity index (χ0v) is 16.4. The van der Waals surface area contributed by atoms with Crippen molar-refractivity contribution in [2.75, 3.05) is 31.9 Å². The number of amides is 1. The second-order valence-electron chi connectivity index (χ2n) is 7.80. The fraction of sp³-hybridized carbons (Fsp3) is 0.750. The lowest BCUT2D eigenvalue weighted by Crippen LogP contribution is -2.53. The molecule has 26 heavy (non-hydrogen) atoms. The molecule has 1 aromatic rings. The largest absolute Gasteiger partial charge is 0.368 e. The van der Waals surface area contributed by atoms with Gasteiger partial charge in [0.2, 0.25) is 11.9 Å². The maximum Gasteiger partial charge on any atom is 0.222 e. The zero-order valence-electron chi connectivity index (χ0n) is 16.4. The second kappa shape index (κ2) is 8.33. The van der Waals surface area contributed by atoms with E-state index in [1.165, 1.54) is 5.56 Å². The molecule has 0 saturated carbocycles. The van der Waals surface area contributed by atoms with Crippen LogP contribution in [0.15, 0.2) is 6.20 Å². The topological polar surface area (TPSA) is 75.4 Å². The normalized spacial score (nSPS) is 25.4. The molecule has 1 aromatic heterocycles. The first kappa shape index (κ1) is 19.1. The monoisotopic (exact) mass is 359 g/mol. The van der Waals surface area contributed by atoms with Gasteiger partial charge in [0.25, 0.3) is 0 Å². The first-order chi connectivity index (χ1) is 12.5. The van der Waals surface area contributed by atoms with Crippen molar-refractivity contribution in [1.82, 2.24) is 19.8 Å². The number of hydrogen-bond acceptors (Lipinski definition) is 5. The molecular weight excluding hydrogens is 326 g/mol. The van der Waals surface area contributed by atoms with Crippen molar-refractivity contribution >= 4 is 11.9 Å². The van der Waals surface area contributed by atoms with Crippen LogP contribution in [-0.2, 0) is 17.6 Å². The molecule has 1 aliphatic carbocycles. The number of hydrogen-bond donors (Lipinski definition) is 1. The lowest BCUT2D eigenvalue weighted by atomic mass is 9.73. The summed E-state index contributed by atoms with van der Waals surface area (Å²) in [5.74, 6) is 1.68. The molecule has 0 bridgehead atoms. The third-order valence-electron chi connectivity index (χ3n) is 6.09. The predicted octanol–water partition coefficient (Wildman–Crippen LogP) is 2.13. The molecule has 0 unspecified atom stereocenters. The van der Waals surface area contributed by atoms with Crippen molar-refractivity contribution in [3.05, 3.63) is 17.5 Å². The Balaban J connectivity index is 1.75. The van der Waals surface area contributed by atoms with Crippen molar-refractivity contribution in [2.24, 2.45) is 11.8 Å². The average molecular weight is 360 g/mol. The molecule has 1 saturated heterocycles. The van der Waals surface area contributed by atoms with Gasteiger partial charge in [-0.05, 0) is 63.5 Å². The molecule has 144 valence electrons. The highest BCUT2D eigenvalue weighted by molar-refractivity contribution is 5.76. The highest BCUT2D eigenvalue weighted by atomic mass is 16.2. The van der Waals surface area contributed by atoms with E-state index in [0.717, 1.165) is 57.6 Å². The molecule has 0 spiro atoms. The van der Waals surface area contributed by atoms with E-state index in [4.69, 9.17) is 5.73 Å². The predicted molar refractivity (Wildman–Crippen MR) is 104 cm³/mol. The minimum absolute atomic E-state index is 0.303. The molecule has 1 fully saturated rings. The first-order valence-corrected chi connectivity index (χ1v) is 10.2. The summed E-state index contributed by atoms with van der Waals surface area (Å²) in [5.41, 5.74) is 8.17. The first-order valence-electron chi connectivity index (χ1n) is 10.2. The van der Waals surface area contributed by atoms with Gasteiger partial charge in [-0.15, -0.1) is 0 Å².